The Bertz CT molecular complexity index is 994. The van der Waals surface area contributed by atoms with Gasteiger partial charge in [0.25, 0.3) is 5.91 Å². The maximum absolute atomic E-state index is 14.1. The van der Waals surface area contributed by atoms with E-state index < -0.39 is 23.4 Å². The van der Waals surface area contributed by atoms with Crippen LogP contribution in [-0.2, 0) is 0 Å². The van der Waals surface area contributed by atoms with E-state index >= 15 is 0 Å². The van der Waals surface area contributed by atoms with Crippen molar-refractivity contribution >= 4 is 45.0 Å². The first kappa shape index (κ1) is 23.1. The van der Waals surface area contributed by atoms with E-state index in [1.165, 1.54) is 29.2 Å². The number of halogens is 4. The van der Waals surface area contributed by atoms with Crippen molar-refractivity contribution in [3.63, 3.8) is 0 Å². The van der Waals surface area contributed by atoms with Crippen molar-refractivity contribution in [3.8, 4) is 0 Å². The van der Waals surface area contributed by atoms with E-state index in [0.29, 0.717) is 17.8 Å². The van der Waals surface area contributed by atoms with Crippen molar-refractivity contribution in [1.29, 1.82) is 0 Å². The topological polar surface area (TPSA) is 36.4 Å². The summed E-state index contributed by atoms with van der Waals surface area (Å²) < 4.78 is 41.5. The fourth-order valence-electron chi connectivity index (χ4n) is 2.90. The van der Waals surface area contributed by atoms with Crippen molar-refractivity contribution in [2.24, 2.45) is 0 Å². The van der Waals surface area contributed by atoms with Gasteiger partial charge in [-0.05, 0) is 37.4 Å². The molecule has 1 aromatic heterocycles. The van der Waals surface area contributed by atoms with E-state index in [0.717, 1.165) is 36.6 Å². The van der Waals surface area contributed by atoms with E-state index in [1.54, 1.807) is 0 Å². The summed E-state index contributed by atoms with van der Waals surface area (Å²) in [4.78, 5) is 20.8. The third-order valence-corrected chi connectivity index (χ3v) is 5.51. The summed E-state index contributed by atoms with van der Waals surface area (Å²) in [5.74, 6) is -2.44. The number of rotatable bonds is 7. The van der Waals surface area contributed by atoms with Gasteiger partial charge in [0.2, 0.25) is 0 Å². The molecule has 0 fully saturated rings. The van der Waals surface area contributed by atoms with Crippen molar-refractivity contribution in [2.75, 3.05) is 31.1 Å². The van der Waals surface area contributed by atoms with Crippen LogP contribution in [0, 0.1) is 17.5 Å². The van der Waals surface area contributed by atoms with Gasteiger partial charge in [0.1, 0.15) is 17.2 Å². The van der Waals surface area contributed by atoms with Crippen molar-refractivity contribution in [2.45, 2.75) is 13.8 Å². The maximum Gasteiger partial charge on any atom is 0.260 e. The molecule has 0 spiro atoms. The summed E-state index contributed by atoms with van der Waals surface area (Å²) >= 11 is 1.03. The van der Waals surface area contributed by atoms with Gasteiger partial charge in [-0.15, -0.1) is 12.4 Å². The molecule has 29 heavy (non-hydrogen) atoms. The minimum absolute atomic E-state index is 0. The zero-order valence-corrected chi connectivity index (χ0v) is 17.6. The normalized spacial score (nSPS) is 11.0. The van der Waals surface area contributed by atoms with Crippen LogP contribution in [-0.4, -0.2) is 42.0 Å². The number of hydrogen-bond acceptors (Lipinski definition) is 4. The molecule has 0 saturated heterocycles. The van der Waals surface area contributed by atoms with Crippen molar-refractivity contribution in [1.82, 2.24) is 9.88 Å². The van der Waals surface area contributed by atoms with Gasteiger partial charge < -0.3 is 4.90 Å². The predicted molar refractivity (Wildman–Crippen MR) is 113 cm³/mol. The lowest BCUT2D eigenvalue weighted by Gasteiger charge is -2.24. The molecule has 0 aliphatic rings. The minimum Gasteiger partial charge on any atom is -0.302 e. The van der Waals surface area contributed by atoms with Crippen molar-refractivity contribution < 1.29 is 18.0 Å². The highest BCUT2D eigenvalue weighted by molar-refractivity contribution is 7.22. The molecular formula is C20H21ClF3N3OS. The quantitative estimate of drug-likeness (QED) is 0.508. The van der Waals surface area contributed by atoms with Crippen LogP contribution in [0.25, 0.3) is 10.2 Å². The Hall–Kier alpha value is -2.16. The van der Waals surface area contributed by atoms with Gasteiger partial charge in [-0.3, -0.25) is 9.69 Å². The van der Waals surface area contributed by atoms with Crippen LogP contribution in [0.2, 0.25) is 0 Å². The zero-order valence-electron chi connectivity index (χ0n) is 16.0. The van der Waals surface area contributed by atoms with E-state index in [4.69, 9.17) is 0 Å². The van der Waals surface area contributed by atoms with Crippen LogP contribution in [0.15, 0.2) is 36.4 Å². The molecular weight excluding hydrogens is 423 g/mol. The number of nitrogens with zero attached hydrogens (tertiary/aromatic N) is 3. The summed E-state index contributed by atoms with van der Waals surface area (Å²) in [5, 5.41) is 0.251. The second-order valence-electron chi connectivity index (χ2n) is 6.22. The lowest BCUT2D eigenvalue weighted by molar-refractivity contribution is 0.0983. The smallest absolute Gasteiger partial charge is 0.260 e. The lowest BCUT2D eigenvalue weighted by Crippen LogP contribution is -2.38. The molecule has 1 amide bonds. The molecule has 3 aromatic rings. The van der Waals surface area contributed by atoms with Crippen LogP contribution in [0.5, 0.6) is 0 Å². The number of likely N-dealkylation sites (N-methyl/N-ethyl adjacent to an activating group) is 1. The third-order valence-electron chi connectivity index (χ3n) is 4.48. The third kappa shape index (κ3) is 5.26. The number of aromatic nitrogens is 1. The van der Waals surface area contributed by atoms with Crippen LogP contribution in [0.3, 0.4) is 0 Å². The van der Waals surface area contributed by atoms with E-state index in [2.05, 4.69) is 9.88 Å². The number of amides is 1. The fourth-order valence-corrected chi connectivity index (χ4v) is 3.93. The number of fused-ring (bicyclic) bond motifs is 1. The molecule has 0 aliphatic carbocycles. The Morgan fingerprint density at radius 1 is 1.03 bits per heavy atom. The van der Waals surface area contributed by atoms with Crippen LogP contribution in [0.4, 0.5) is 18.3 Å². The van der Waals surface area contributed by atoms with Crippen LogP contribution >= 0.6 is 23.7 Å². The van der Waals surface area contributed by atoms with Crippen LogP contribution in [0.1, 0.15) is 24.2 Å². The molecule has 0 N–H and O–H groups in total. The molecule has 9 heteroatoms. The fraction of sp³-hybridized carbons (Fsp3) is 0.300. The first-order chi connectivity index (χ1) is 13.4. The van der Waals surface area contributed by atoms with Gasteiger partial charge in [0.05, 0.1) is 4.70 Å². The Morgan fingerprint density at radius 3 is 2.41 bits per heavy atom. The van der Waals surface area contributed by atoms with Gasteiger partial charge in [0.15, 0.2) is 10.9 Å². The molecule has 4 nitrogen and oxygen atoms in total. The highest BCUT2D eigenvalue weighted by atomic mass is 35.5. The zero-order chi connectivity index (χ0) is 20.3. The maximum atomic E-state index is 14.1. The van der Waals surface area contributed by atoms with Crippen molar-refractivity contribution in [3.05, 3.63) is 59.4 Å². The van der Waals surface area contributed by atoms with E-state index in [-0.39, 0.29) is 28.6 Å². The average Bonchev–Trinajstić information content (AvgIpc) is 3.09. The van der Waals surface area contributed by atoms with Gasteiger partial charge in [0, 0.05) is 24.7 Å². The largest absolute Gasteiger partial charge is 0.302 e. The molecule has 0 atom stereocenters. The Labute approximate surface area is 177 Å². The van der Waals surface area contributed by atoms with E-state index in [1.807, 2.05) is 13.8 Å². The molecule has 0 bridgehead atoms. The highest BCUT2D eigenvalue weighted by Gasteiger charge is 2.23. The number of thiazole rings is 1. The summed E-state index contributed by atoms with van der Waals surface area (Å²) in [5.41, 5.74) is 0.187. The minimum atomic E-state index is -0.778. The SMILES string of the molecule is CCN(CC)CCN(C(=O)c1cccc(F)c1)c1nc2c(F)cc(F)cc2s1.Cl. The molecule has 0 radical (unpaired) electrons. The molecule has 2 aromatic carbocycles. The Kier molecular flexibility index (Phi) is 8.01. The van der Waals surface area contributed by atoms with Gasteiger partial charge >= 0.3 is 0 Å². The standard InChI is InChI=1S/C20H20F3N3OS.ClH/c1-3-25(4-2)8-9-26(19(27)13-6-5-7-14(21)10-13)20-24-18-16(23)11-15(22)12-17(18)28-20;/h5-7,10-12H,3-4,8-9H2,1-2H3;1H. The Morgan fingerprint density at radius 2 is 1.76 bits per heavy atom. The second kappa shape index (κ2) is 10.0. The second-order valence-corrected chi connectivity index (χ2v) is 7.23. The number of benzene rings is 2. The summed E-state index contributed by atoms with van der Waals surface area (Å²) in [6, 6.07) is 7.34. The highest BCUT2D eigenvalue weighted by Crippen LogP contribution is 2.32. The Balaban J connectivity index is 0.00000300. The van der Waals surface area contributed by atoms with Gasteiger partial charge in [-0.25, -0.2) is 18.2 Å². The first-order valence-electron chi connectivity index (χ1n) is 8.98. The molecule has 0 saturated carbocycles. The average molecular weight is 444 g/mol. The predicted octanol–water partition coefficient (Wildman–Crippen LogP) is 5.12. The summed E-state index contributed by atoms with van der Waals surface area (Å²) in [6.45, 7) is 6.49. The molecule has 1 heterocycles. The lowest BCUT2D eigenvalue weighted by atomic mass is 10.2. The first-order valence-corrected chi connectivity index (χ1v) is 9.80. The van der Waals surface area contributed by atoms with Gasteiger partial charge in [-0.2, -0.15) is 0 Å². The number of carbonyl (C=O) groups excluding carboxylic acids is 1. The number of hydrogen-bond donors (Lipinski definition) is 0. The molecule has 156 valence electrons. The molecule has 3 rings (SSSR count). The van der Waals surface area contributed by atoms with E-state index in [9.17, 15) is 18.0 Å². The number of anilines is 1. The molecule has 0 unspecified atom stereocenters. The summed E-state index contributed by atoms with van der Waals surface area (Å²) in [6.07, 6.45) is 0. The molecule has 0 aliphatic heterocycles. The van der Waals surface area contributed by atoms with Crippen LogP contribution < -0.4 is 4.90 Å². The van der Waals surface area contributed by atoms with Gasteiger partial charge in [-0.1, -0.05) is 31.3 Å². The summed E-state index contributed by atoms with van der Waals surface area (Å²) in [7, 11) is 0. The number of carbonyl (C=O) groups is 1. The monoisotopic (exact) mass is 443 g/mol.